The Bertz CT molecular complexity index is 346. The predicted molar refractivity (Wildman–Crippen MR) is 62.7 cm³/mol. The van der Waals surface area contributed by atoms with Crippen LogP contribution in [-0.2, 0) is 0 Å². The highest BCUT2D eigenvalue weighted by atomic mass is 79.9. The summed E-state index contributed by atoms with van der Waals surface area (Å²) in [5.41, 5.74) is 7.16. The number of nitrogens with two attached hydrogens (primary N) is 1. The Morgan fingerprint density at radius 3 is 2.93 bits per heavy atom. The molecule has 5 N–H and O–H groups in total. The molecule has 1 aromatic heterocycles. The number of halogens is 1. The molecule has 1 heterocycles. The van der Waals surface area contributed by atoms with Gasteiger partial charge in [-0.2, -0.15) is 0 Å². The molecule has 0 aliphatic heterocycles. The molecule has 1 atom stereocenters. The second-order valence-electron chi connectivity index (χ2n) is 3.22. The minimum absolute atomic E-state index is 0.242. The van der Waals surface area contributed by atoms with Gasteiger partial charge in [0.1, 0.15) is 5.82 Å². The van der Waals surface area contributed by atoms with Crippen molar-refractivity contribution in [2.75, 3.05) is 24.2 Å². The van der Waals surface area contributed by atoms with Crippen molar-refractivity contribution in [1.29, 1.82) is 0 Å². The fourth-order valence-corrected chi connectivity index (χ4v) is 1.47. The Morgan fingerprint density at radius 1 is 1.67 bits per heavy atom. The van der Waals surface area contributed by atoms with Crippen molar-refractivity contribution in [2.45, 2.75) is 13.0 Å². The number of nitrogen functional groups attached to an aromatic ring is 1. The summed E-state index contributed by atoms with van der Waals surface area (Å²) in [5, 5.41) is 20.7. The quantitative estimate of drug-likeness (QED) is 0.643. The third-order valence-electron chi connectivity index (χ3n) is 2.02. The first kappa shape index (κ1) is 12.2. The summed E-state index contributed by atoms with van der Waals surface area (Å²) in [6.45, 7) is 1.83. The topological polar surface area (TPSA) is 91.4 Å². The predicted octanol–water partition coefficient (Wildman–Crippen LogP) is 0.500. The van der Waals surface area contributed by atoms with Crippen molar-refractivity contribution in [1.82, 2.24) is 4.98 Å². The van der Waals surface area contributed by atoms with Crippen LogP contribution in [0.25, 0.3) is 0 Å². The van der Waals surface area contributed by atoms with E-state index in [-0.39, 0.29) is 13.2 Å². The molecule has 0 aromatic carbocycles. The maximum Gasteiger partial charge on any atom is 0.140 e. The average Bonchev–Trinajstić information content (AvgIpc) is 2.24. The highest BCUT2D eigenvalue weighted by molar-refractivity contribution is 9.10. The highest BCUT2D eigenvalue weighted by Crippen LogP contribution is 2.27. The van der Waals surface area contributed by atoms with Crippen molar-refractivity contribution in [3.05, 3.63) is 16.2 Å². The van der Waals surface area contributed by atoms with Gasteiger partial charge >= 0.3 is 0 Å². The third-order valence-corrected chi connectivity index (χ3v) is 2.99. The van der Waals surface area contributed by atoms with Crippen LogP contribution >= 0.6 is 15.9 Å². The lowest BCUT2D eigenvalue weighted by Gasteiger charge is -2.12. The summed E-state index contributed by atoms with van der Waals surface area (Å²) in [5.74, 6) is 0.606. The zero-order valence-corrected chi connectivity index (χ0v) is 9.95. The van der Waals surface area contributed by atoms with Gasteiger partial charge in [0.2, 0.25) is 0 Å². The number of aliphatic hydroxyl groups excluding tert-OH is 2. The average molecular weight is 276 g/mol. The van der Waals surface area contributed by atoms with Gasteiger partial charge in [-0.1, -0.05) is 0 Å². The molecule has 15 heavy (non-hydrogen) atoms. The van der Waals surface area contributed by atoms with Crippen LogP contribution in [0.1, 0.15) is 5.56 Å². The maximum absolute atomic E-state index is 9.15. The molecule has 1 aromatic rings. The number of hydrogen-bond donors (Lipinski definition) is 4. The minimum Gasteiger partial charge on any atom is -0.397 e. The van der Waals surface area contributed by atoms with Gasteiger partial charge in [0, 0.05) is 6.54 Å². The van der Waals surface area contributed by atoms with E-state index in [0.29, 0.717) is 11.5 Å². The molecule has 0 saturated carbocycles. The summed E-state index contributed by atoms with van der Waals surface area (Å²) < 4.78 is 0.771. The van der Waals surface area contributed by atoms with Gasteiger partial charge in [0.25, 0.3) is 0 Å². The van der Waals surface area contributed by atoms with Crippen LogP contribution < -0.4 is 11.1 Å². The molecule has 0 radical (unpaired) electrons. The number of nitrogens with zero attached hydrogens (tertiary/aromatic N) is 1. The van der Waals surface area contributed by atoms with Crippen LogP contribution in [0.3, 0.4) is 0 Å². The maximum atomic E-state index is 9.15. The first-order chi connectivity index (χ1) is 7.06. The van der Waals surface area contributed by atoms with E-state index in [1.807, 2.05) is 6.92 Å². The molecule has 0 spiro atoms. The summed E-state index contributed by atoms with van der Waals surface area (Å²) in [6, 6.07) is 0. The first-order valence-corrected chi connectivity index (χ1v) is 5.29. The highest BCUT2D eigenvalue weighted by Gasteiger charge is 2.08. The van der Waals surface area contributed by atoms with Crippen LogP contribution in [-0.4, -0.2) is 34.5 Å². The number of pyridine rings is 1. The monoisotopic (exact) mass is 275 g/mol. The standard InChI is InChI=1S/C9H14BrN3O2/c1-5-7(11)3-13-9(8(5)10)12-2-6(15)4-14/h3,6,14-15H,2,4,11H2,1H3,(H,12,13). The van der Waals surface area contributed by atoms with Gasteiger partial charge in [-0.3, -0.25) is 0 Å². The lowest BCUT2D eigenvalue weighted by molar-refractivity contribution is 0.105. The normalized spacial score (nSPS) is 12.5. The van der Waals surface area contributed by atoms with E-state index in [9.17, 15) is 0 Å². The molecule has 0 aliphatic carbocycles. The van der Waals surface area contributed by atoms with Gasteiger partial charge in [-0.05, 0) is 28.4 Å². The van der Waals surface area contributed by atoms with Crippen LogP contribution in [0.15, 0.2) is 10.7 Å². The molecular formula is C9H14BrN3O2. The summed E-state index contributed by atoms with van der Waals surface area (Å²) >= 11 is 3.35. The zero-order chi connectivity index (χ0) is 11.4. The minimum atomic E-state index is -0.795. The summed E-state index contributed by atoms with van der Waals surface area (Å²) in [6.07, 6.45) is 0.755. The van der Waals surface area contributed by atoms with Crippen LogP contribution in [0.4, 0.5) is 11.5 Å². The number of nitrogens with one attached hydrogen (secondary N) is 1. The summed E-state index contributed by atoms with van der Waals surface area (Å²) in [4.78, 5) is 4.07. The SMILES string of the molecule is Cc1c(N)cnc(NCC(O)CO)c1Br. The molecule has 1 rings (SSSR count). The molecule has 84 valence electrons. The van der Waals surface area contributed by atoms with Crippen molar-refractivity contribution in [3.63, 3.8) is 0 Å². The molecule has 6 heteroatoms. The van der Waals surface area contributed by atoms with Crippen LogP contribution in [0.2, 0.25) is 0 Å². The Kier molecular flexibility index (Phi) is 4.31. The van der Waals surface area contributed by atoms with Gasteiger partial charge < -0.3 is 21.3 Å². The molecule has 0 saturated heterocycles. The first-order valence-electron chi connectivity index (χ1n) is 4.49. The molecule has 0 bridgehead atoms. The van der Waals surface area contributed by atoms with E-state index >= 15 is 0 Å². The zero-order valence-electron chi connectivity index (χ0n) is 8.37. The van der Waals surface area contributed by atoms with Crippen molar-refractivity contribution in [3.8, 4) is 0 Å². The largest absolute Gasteiger partial charge is 0.397 e. The fraction of sp³-hybridized carbons (Fsp3) is 0.444. The lowest BCUT2D eigenvalue weighted by Crippen LogP contribution is -2.23. The van der Waals surface area contributed by atoms with Gasteiger partial charge in [-0.25, -0.2) is 4.98 Å². The van der Waals surface area contributed by atoms with Crippen LogP contribution in [0.5, 0.6) is 0 Å². The van der Waals surface area contributed by atoms with Gasteiger partial charge in [0.15, 0.2) is 0 Å². The summed E-state index contributed by atoms with van der Waals surface area (Å²) in [7, 11) is 0. The molecule has 0 amide bonds. The Morgan fingerprint density at radius 2 is 2.33 bits per heavy atom. The molecule has 5 nitrogen and oxygen atoms in total. The Hall–Kier alpha value is -0.850. The number of aromatic nitrogens is 1. The number of rotatable bonds is 4. The number of anilines is 2. The molecular weight excluding hydrogens is 262 g/mol. The van der Waals surface area contributed by atoms with E-state index < -0.39 is 6.10 Å². The number of hydrogen-bond acceptors (Lipinski definition) is 5. The third kappa shape index (κ3) is 3.05. The van der Waals surface area contributed by atoms with E-state index in [0.717, 1.165) is 10.0 Å². The molecule has 0 fully saturated rings. The lowest BCUT2D eigenvalue weighted by atomic mass is 10.2. The number of aliphatic hydroxyl groups is 2. The van der Waals surface area contributed by atoms with E-state index in [4.69, 9.17) is 15.9 Å². The smallest absolute Gasteiger partial charge is 0.140 e. The van der Waals surface area contributed by atoms with E-state index in [1.54, 1.807) is 6.20 Å². The molecule has 1 unspecified atom stereocenters. The second-order valence-corrected chi connectivity index (χ2v) is 4.01. The van der Waals surface area contributed by atoms with Crippen LogP contribution in [0, 0.1) is 6.92 Å². The van der Waals surface area contributed by atoms with Gasteiger partial charge in [0.05, 0.1) is 29.1 Å². The van der Waals surface area contributed by atoms with Gasteiger partial charge in [-0.15, -0.1) is 0 Å². The van der Waals surface area contributed by atoms with E-state index in [2.05, 4.69) is 26.2 Å². The van der Waals surface area contributed by atoms with Crippen molar-refractivity contribution >= 4 is 27.4 Å². The molecule has 0 aliphatic rings. The second kappa shape index (κ2) is 5.29. The fourth-order valence-electron chi connectivity index (χ4n) is 0.994. The van der Waals surface area contributed by atoms with Crippen molar-refractivity contribution in [2.24, 2.45) is 0 Å². The van der Waals surface area contributed by atoms with E-state index in [1.165, 1.54) is 0 Å². The van der Waals surface area contributed by atoms with Crippen molar-refractivity contribution < 1.29 is 10.2 Å². The Labute approximate surface area is 96.5 Å². The Balaban J connectivity index is 2.74.